The van der Waals surface area contributed by atoms with Crippen LogP contribution in [0.1, 0.15) is 54.5 Å². The summed E-state index contributed by atoms with van der Waals surface area (Å²) in [5.41, 5.74) is 2.67. The molecule has 0 aromatic heterocycles. The number of esters is 1. The number of carbonyl (C=O) groups excluding carboxylic acids is 1. The molecule has 0 spiro atoms. The van der Waals surface area contributed by atoms with E-state index in [4.69, 9.17) is 9.47 Å². The monoisotopic (exact) mass is 464 g/mol. The minimum Gasteiger partial charge on any atom is -0.497 e. The van der Waals surface area contributed by atoms with Gasteiger partial charge in [0.2, 0.25) is 0 Å². The van der Waals surface area contributed by atoms with E-state index in [1.807, 2.05) is 106 Å². The Labute approximate surface area is 199 Å². The van der Waals surface area contributed by atoms with E-state index in [9.17, 15) is 9.00 Å². The van der Waals surface area contributed by atoms with Gasteiger partial charge in [0.15, 0.2) is 0 Å². The molecule has 0 saturated heterocycles. The Morgan fingerprint density at radius 1 is 0.758 bits per heavy atom. The van der Waals surface area contributed by atoms with E-state index in [-0.39, 0.29) is 5.97 Å². The van der Waals surface area contributed by atoms with Crippen molar-refractivity contribution < 1.29 is 18.5 Å². The lowest BCUT2D eigenvalue weighted by Gasteiger charge is -2.36. The quantitative estimate of drug-likeness (QED) is 0.382. The summed E-state index contributed by atoms with van der Waals surface area (Å²) in [5, 5.41) is -0.456. The first kappa shape index (κ1) is 24.7. The molecule has 0 radical (unpaired) electrons. The summed E-state index contributed by atoms with van der Waals surface area (Å²) in [6.07, 6.45) is 0. The fraction of sp³-hybridized carbons (Fsp3) is 0.321. The maximum Gasteiger partial charge on any atom is 0.313 e. The zero-order valence-electron chi connectivity index (χ0n) is 19.9. The topological polar surface area (TPSA) is 52.6 Å². The number of benzene rings is 3. The highest BCUT2D eigenvalue weighted by Gasteiger charge is 2.43. The molecule has 0 fully saturated rings. The van der Waals surface area contributed by atoms with E-state index in [0.717, 1.165) is 22.4 Å². The first-order chi connectivity index (χ1) is 15.8. The van der Waals surface area contributed by atoms with Gasteiger partial charge in [-0.05, 0) is 49.6 Å². The first-order valence-electron chi connectivity index (χ1n) is 11.0. The molecule has 0 saturated carbocycles. The predicted octanol–water partition coefficient (Wildman–Crippen LogP) is 6.02. The van der Waals surface area contributed by atoms with Gasteiger partial charge in [-0.25, -0.2) is 0 Å². The second-order valence-electron chi connectivity index (χ2n) is 8.95. The molecular weight excluding hydrogens is 432 g/mol. The van der Waals surface area contributed by atoms with Crippen LogP contribution in [0.4, 0.5) is 0 Å². The molecule has 4 atom stereocenters. The average molecular weight is 465 g/mol. The summed E-state index contributed by atoms with van der Waals surface area (Å²) < 4.78 is 24.2. The molecule has 0 aliphatic heterocycles. The van der Waals surface area contributed by atoms with Gasteiger partial charge in [-0.2, -0.15) is 0 Å². The smallest absolute Gasteiger partial charge is 0.313 e. The van der Waals surface area contributed by atoms with Crippen LogP contribution in [0.5, 0.6) is 5.75 Å². The van der Waals surface area contributed by atoms with E-state index >= 15 is 0 Å². The highest BCUT2D eigenvalue weighted by atomic mass is 32.2. The van der Waals surface area contributed by atoms with Gasteiger partial charge in [-0.15, -0.1) is 0 Å². The van der Waals surface area contributed by atoms with Crippen molar-refractivity contribution in [2.75, 3.05) is 14.2 Å². The van der Waals surface area contributed by atoms with E-state index in [1.54, 1.807) is 7.11 Å². The zero-order chi connectivity index (χ0) is 24.0. The van der Waals surface area contributed by atoms with Gasteiger partial charge in [-0.3, -0.25) is 9.00 Å². The van der Waals surface area contributed by atoms with E-state index < -0.39 is 32.6 Å². The van der Waals surface area contributed by atoms with Crippen molar-refractivity contribution in [2.24, 2.45) is 0 Å². The number of carbonyl (C=O) groups is 1. The van der Waals surface area contributed by atoms with E-state index in [0.29, 0.717) is 0 Å². The third-order valence-corrected chi connectivity index (χ3v) is 8.00. The van der Waals surface area contributed by atoms with Crippen LogP contribution < -0.4 is 4.74 Å². The Balaban J connectivity index is 2.30. The summed E-state index contributed by atoms with van der Waals surface area (Å²) in [6.45, 7) is 5.91. The number of methoxy groups -OCH3 is 2. The van der Waals surface area contributed by atoms with Gasteiger partial charge in [0, 0.05) is 21.5 Å². The van der Waals surface area contributed by atoms with Crippen molar-refractivity contribution in [1.29, 1.82) is 0 Å². The lowest BCUT2D eigenvalue weighted by atomic mass is 9.77. The molecule has 0 N–H and O–H groups in total. The molecule has 0 unspecified atom stereocenters. The lowest BCUT2D eigenvalue weighted by Crippen LogP contribution is -2.34. The van der Waals surface area contributed by atoms with Crippen LogP contribution in [0.3, 0.4) is 0 Å². The molecule has 5 heteroatoms. The fourth-order valence-electron chi connectivity index (χ4n) is 4.13. The van der Waals surface area contributed by atoms with E-state index in [2.05, 4.69) is 0 Å². The van der Waals surface area contributed by atoms with Crippen molar-refractivity contribution in [3.63, 3.8) is 0 Å². The average Bonchev–Trinajstić information content (AvgIpc) is 2.84. The molecule has 0 aliphatic carbocycles. The second kappa shape index (κ2) is 10.8. The minimum absolute atomic E-state index is 0.348. The third kappa shape index (κ3) is 5.72. The molecule has 0 aliphatic rings. The number of hydrogen-bond donors (Lipinski definition) is 0. The first-order valence-corrected chi connectivity index (χ1v) is 12.2. The largest absolute Gasteiger partial charge is 0.497 e. The Bertz CT molecular complexity index is 1060. The fourth-order valence-corrected chi connectivity index (χ4v) is 5.88. The van der Waals surface area contributed by atoms with Crippen LogP contribution in [0, 0.1) is 0 Å². The standard InChI is InChI=1S/C28H32O4S/c1-28(2,3)33(30)26(22-16-18-23(31-4)19-17-22)24(20-12-8-6-9-13-20)25(27(29)32-5)21-14-10-7-11-15-21/h6-19,24-26H,1-5H3/t24-,25+,26-,33-/m0/s1. The highest BCUT2D eigenvalue weighted by molar-refractivity contribution is 7.86. The SMILES string of the molecule is COC(=O)[C@H](c1ccccc1)[C@H](c1ccccc1)[C@H](c1ccc(OC)cc1)[S@](=O)C(C)(C)C. The number of ether oxygens (including phenoxy) is 2. The molecule has 4 nitrogen and oxygen atoms in total. The normalized spacial score (nSPS) is 15.2. The van der Waals surface area contributed by atoms with Crippen LogP contribution in [0.25, 0.3) is 0 Å². The molecule has 3 aromatic rings. The number of hydrogen-bond acceptors (Lipinski definition) is 4. The molecule has 33 heavy (non-hydrogen) atoms. The summed E-state index contributed by atoms with van der Waals surface area (Å²) in [7, 11) is 1.70. The van der Waals surface area contributed by atoms with Gasteiger partial charge in [0.25, 0.3) is 0 Å². The van der Waals surface area contributed by atoms with Crippen molar-refractivity contribution in [3.05, 3.63) is 102 Å². The van der Waals surface area contributed by atoms with Gasteiger partial charge in [0.05, 0.1) is 25.4 Å². The second-order valence-corrected chi connectivity index (χ2v) is 11.3. The Morgan fingerprint density at radius 2 is 1.27 bits per heavy atom. The molecule has 0 amide bonds. The van der Waals surface area contributed by atoms with Gasteiger partial charge >= 0.3 is 5.97 Å². The third-order valence-electron chi connectivity index (χ3n) is 5.76. The van der Waals surface area contributed by atoms with E-state index in [1.165, 1.54) is 7.11 Å². The zero-order valence-corrected chi connectivity index (χ0v) is 20.7. The Hall–Kier alpha value is -2.92. The highest BCUT2D eigenvalue weighted by Crippen LogP contribution is 2.48. The number of rotatable bonds is 8. The Morgan fingerprint density at radius 3 is 1.73 bits per heavy atom. The van der Waals surface area contributed by atoms with Crippen LogP contribution in [-0.4, -0.2) is 29.1 Å². The Kier molecular flexibility index (Phi) is 8.09. The van der Waals surface area contributed by atoms with Crippen molar-refractivity contribution in [1.82, 2.24) is 0 Å². The maximum absolute atomic E-state index is 14.1. The summed E-state index contributed by atoms with van der Waals surface area (Å²) in [6, 6.07) is 27.1. The molecular formula is C28H32O4S. The van der Waals surface area contributed by atoms with Crippen molar-refractivity contribution >= 4 is 16.8 Å². The molecule has 174 valence electrons. The van der Waals surface area contributed by atoms with Crippen molar-refractivity contribution in [2.45, 2.75) is 42.6 Å². The van der Waals surface area contributed by atoms with Crippen LogP contribution in [0.15, 0.2) is 84.9 Å². The van der Waals surface area contributed by atoms with Gasteiger partial charge in [-0.1, -0.05) is 72.8 Å². The van der Waals surface area contributed by atoms with Crippen LogP contribution >= 0.6 is 0 Å². The summed E-state index contributed by atoms with van der Waals surface area (Å²) in [4.78, 5) is 13.3. The predicted molar refractivity (Wildman–Crippen MR) is 134 cm³/mol. The van der Waals surface area contributed by atoms with Crippen molar-refractivity contribution in [3.8, 4) is 5.75 Å². The molecule has 3 rings (SSSR count). The summed E-state index contributed by atoms with van der Waals surface area (Å²) >= 11 is 0. The molecule has 0 heterocycles. The van der Waals surface area contributed by atoms with Crippen LogP contribution in [-0.2, 0) is 20.3 Å². The molecule has 3 aromatic carbocycles. The van der Waals surface area contributed by atoms with Gasteiger partial charge in [0.1, 0.15) is 5.75 Å². The van der Waals surface area contributed by atoms with Gasteiger partial charge < -0.3 is 9.47 Å². The molecule has 0 bridgehead atoms. The maximum atomic E-state index is 14.1. The summed E-state index contributed by atoms with van der Waals surface area (Å²) in [5.74, 6) is -0.658. The lowest BCUT2D eigenvalue weighted by molar-refractivity contribution is -0.143. The minimum atomic E-state index is -1.33. The van der Waals surface area contributed by atoms with Crippen LogP contribution in [0.2, 0.25) is 0 Å².